The number of benzene rings is 1. The van der Waals surface area contributed by atoms with Crippen LogP contribution in [0.15, 0.2) is 49.1 Å². The average molecular weight is 421 g/mol. The predicted molar refractivity (Wildman–Crippen MR) is 107 cm³/mol. The average Bonchev–Trinajstić information content (AvgIpc) is 3.20. The second kappa shape index (κ2) is 9.11. The molecule has 10 heteroatoms. The summed E-state index contributed by atoms with van der Waals surface area (Å²) in [5, 5.41) is 10.5. The van der Waals surface area contributed by atoms with E-state index in [-0.39, 0.29) is 29.6 Å². The maximum absolute atomic E-state index is 12.5. The Morgan fingerprint density at radius 3 is 2.79 bits per heavy atom. The first kappa shape index (κ1) is 20.2. The molecule has 1 saturated heterocycles. The van der Waals surface area contributed by atoms with Crippen LogP contribution in [0.3, 0.4) is 0 Å². The van der Waals surface area contributed by atoms with Crippen LogP contribution in [0, 0.1) is 0 Å². The van der Waals surface area contributed by atoms with Crippen LogP contribution < -0.4 is 10.6 Å². The van der Waals surface area contributed by atoms with Crippen molar-refractivity contribution in [3.8, 4) is 5.82 Å². The molecule has 3 heterocycles. The van der Waals surface area contributed by atoms with Crippen molar-refractivity contribution >= 4 is 35.6 Å². The van der Waals surface area contributed by atoms with Gasteiger partial charge in [-0.1, -0.05) is 23.7 Å². The maximum Gasteiger partial charge on any atom is 0.258 e. The van der Waals surface area contributed by atoms with Gasteiger partial charge in [0.2, 0.25) is 0 Å². The van der Waals surface area contributed by atoms with E-state index in [9.17, 15) is 4.79 Å². The zero-order valence-corrected chi connectivity index (χ0v) is 16.3. The molecule has 1 aliphatic rings. The van der Waals surface area contributed by atoms with Crippen LogP contribution in [0.4, 0.5) is 5.69 Å². The predicted octanol–water partition coefficient (Wildman–Crippen LogP) is 2.65. The van der Waals surface area contributed by atoms with Gasteiger partial charge in [-0.3, -0.25) is 9.78 Å². The van der Waals surface area contributed by atoms with Crippen LogP contribution in [-0.2, 0) is 4.74 Å². The highest BCUT2D eigenvalue weighted by molar-refractivity contribution is 6.29. The fourth-order valence-electron chi connectivity index (χ4n) is 2.77. The van der Waals surface area contributed by atoms with Crippen molar-refractivity contribution < 1.29 is 9.53 Å². The molecule has 0 unspecified atom stereocenters. The van der Waals surface area contributed by atoms with E-state index in [1.54, 1.807) is 6.20 Å². The number of hydrogen-bond acceptors (Lipinski definition) is 6. The lowest BCUT2D eigenvalue weighted by molar-refractivity contribution is 0.0277. The van der Waals surface area contributed by atoms with Gasteiger partial charge in [0, 0.05) is 25.0 Å². The normalized spacial score (nSPS) is 16.2. The van der Waals surface area contributed by atoms with E-state index in [0.717, 1.165) is 18.7 Å². The molecule has 2 N–H and O–H groups in total. The summed E-state index contributed by atoms with van der Waals surface area (Å²) in [7, 11) is 0. The number of aromatic nitrogens is 4. The van der Waals surface area contributed by atoms with Crippen molar-refractivity contribution in [3.63, 3.8) is 0 Å². The Balaban J connectivity index is 0.00000225. The molecule has 1 atom stereocenters. The maximum atomic E-state index is 12.5. The number of carbonyl (C=O) groups excluding carboxylic acids is 1. The quantitative estimate of drug-likeness (QED) is 0.673. The lowest BCUT2D eigenvalue weighted by atomic mass is 10.1. The zero-order chi connectivity index (χ0) is 18.6. The number of halogens is 2. The van der Waals surface area contributed by atoms with Crippen molar-refractivity contribution in [1.29, 1.82) is 0 Å². The third-order valence-electron chi connectivity index (χ3n) is 4.14. The first-order valence-electron chi connectivity index (χ1n) is 8.45. The Morgan fingerprint density at radius 1 is 1.25 bits per heavy atom. The largest absolute Gasteiger partial charge is 0.371 e. The van der Waals surface area contributed by atoms with Crippen LogP contribution >= 0.6 is 24.0 Å². The Bertz CT molecular complexity index is 941. The summed E-state index contributed by atoms with van der Waals surface area (Å²) < 4.78 is 7.17. The molecule has 0 spiro atoms. The zero-order valence-electron chi connectivity index (χ0n) is 14.7. The number of carbonyl (C=O) groups is 1. The molecule has 0 radical (unpaired) electrons. The minimum atomic E-state index is -0.264. The minimum Gasteiger partial charge on any atom is -0.371 e. The highest BCUT2D eigenvalue weighted by Gasteiger charge is 2.16. The molecular formula is C18H18Cl2N6O2. The lowest BCUT2D eigenvalue weighted by Gasteiger charge is -2.24. The van der Waals surface area contributed by atoms with Crippen molar-refractivity contribution in [1.82, 2.24) is 25.1 Å². The van der Waals surface area contributed by atoms with E-state index in [1.165, 1.54) is 23.3 Å². The van der Waals surface area contributed by atoms with Crippen LogP contribution in [0.2, 0.25) is 5.15 Å². The highest BCUT2D eigenvalue weighted by Crippen LogP contribution is 2.21. The molecule has 0 bridgehead atoms. The Labute approximate surface area is 172 Å². The second-order valence-electron chi connectivity index (χ2n) is 6.01. The van der Waals surface area contributed by atoms with E-state index < -0.39 is 0 Å². The molecule has 8 nitrogen and oxygen atoms in total. The summed E-state index contributed by atoms with van der Waals surface area (Å²) in [6.07, 6.45) is 6.03. The van der Waals surface area contributed by atoms with Gasteiger partial charge in [-0.05, 0) is 17.7 Å². The molecule has 0 aliphatic carbocycles. The van der Waals surface area contributed by atoms with Crippen LogP contribution in [0.5, 0.6) is 0 Å². The monoisotopic (exact) mass is 420 g/mol. The van der Waals surface area contributed by atoms with Gasteiger partial charge < -0.3 is 15.4 Å². The number of rotatable bonds is 4. The molecule has 1 aliphatic heterocycles. The van der Waals surface area contributed by atoms with E-state index in [4.69, 9.17) is 16.3 Å². The molecule has 0 saturated carbocycles. The van der Waals surface area contributed by atoms with E-state index in [2.05, 4.69) is 25.7 Å². The molecule has 2 aromatic heterocycles. The molecule has 28 heavy (non-hydrogen) atoms. The van der Waals surface area contributed by atoms with Gasteiger partial charge in [0.25, 0.3) is 5.91 Å². The SMILES string of the molecule is Cl.O=C(Nc1ccc([C@H]2CNCCO2)cc1)c1cnn(-c2cncc(Cl)n2)c1. The Hall–Kier alpha value is -2.52. The Morgan fingerprint density at radius 2 is 2.07 bits per heavy atom. The van der Waals surface area contributed by atoms with Crippen LogP contribution in [0.25, 0.3) is 5.82 Å². The smallest absolute Gasteiger partial charge is 0.258 e. The van der Waals surface area contributed by atoms with Crippen molar-refractivity contribution in [2.75, 3.05) is 25.0 Å². The summed E-state index contributed by atoms with van der Waals surface area (Å²) >= 11 is 5.83. The van der Waals surface area contributed by atoms with Crippen molar-refractivity contribution in [3.05, 3.63) is 65.3 Å². The fraction of sp³-hybridized carbons (Fsp3) is 0.222. The van der Waals surface area contributed by atoms with Gasteiger partial charge in [-0.15, -0.1) is 12.4 Å². The number of hydrogen-bond donors (Lipinski definition) is 2. The topological polar surface area (TPSA) is 94.0 Å². The van der Waals surface area contributed by atoms with Gasteiger partial charge in [0.15, 0.2) is 5.82 Å². The standard InChI is InChI=1S/C18H17ClN6O2.ClH/c19-16-9-21-10-17(24-16)25-11-13(7-22-25)18(26)23-14-3-1-12(2-4-14)15-8-20-5-6-27-15;/h1-4,7,9-11,15,20H,5-6,8H2,(H,23,26);1H/t15-;/m1./s1. The summed E-state index contributed by atoms with van der Waals surface area (Å²) in [6.45, 7) is 2.36. The number of amides is 1. The molecular weight excluding hydrogens is 403 g/mol. The molecule has 1 aromatic carbocycles. The van der Waals surface area contributed by atoms with Gasteiger partial charge in [-0.25, -0.2) is 9.67 Å². The minimum absolute atomic E-state index is 0. The van der Waals surface area contributed by atoms with Crippen molar-refractivity contribution in [2.24, 2.45) is 0 Å². The number of ether oxygens (including phenoxy) is 1. The fourth-order valence-corrected chi connectivity index (χ4v) is 2.92. The molecule has 4 rings (SSSR count). The Kier molecular flexibility index (Phi) is 6.58. The third kappa shape index (κ3) is 4.66. The summed E-state index contributed by atoms with van der Waals surface area (Å²) in [5.41, 5.74) is 2.18. The van der Waals surface area contributed by atoms with E-state index in [1.807, 2.05) is 24.3 Å². The van der Waals surface area contributed by atoms with Crippen LogP contribution in [-0.4, -0.2) is 45.4 Å². The summed E-state index contributed by atoms with van der Waals surface area (Å²) in [5.74, 6) is 0.173. The highest BCUT2D eigenvalue weighted by atomic mass is 35.5. The summed E-state index contributed by atoms with van der Waals surface area (Å²) in [4.78, 5) is 20.5. The van der Waals surface area contributed by atoms with Gasteiger partial charge in [-0.2, -0.15) is 5.10 Å². The van der Waals surface area contributed by atoms with Gasteiger partial charge in [0.05, 0.1) is 36.9 Å². The number of morpholine rings is 1. The van der Waals surface area contributed by atoms with E-state index in [0.29, 0.717) is 23.7 Å². The second-order valence-corrected chi connectivity index (χ2v) is 6.40. The number of nitrogens with zero attached hydrogens (tertiary/aromatic N) is 4. The molecule has 1 amide bonds. The third-order valence-corrected chi connectivity index (χ3v) is 4.32. The molecule has 146 valence electrons. The lowest BCUT2D eigenvalue weighted by Crippen LogP contribution is -2.33. The van der Waals surface area contributed by atoms with Crippen molar-refractivity contribution in [2.45, 2.75) is 6.10 Å². The first-order chi connectivity index (χ1) is 13.2. The van der Waals surface area contributed by atoms with Gasteiger partial charge >= 0.3 is 0 Å². The number of anilines is 1. The molecule has 3 aromatic rings. The van der Waals surface area contributed by atoms with E-state index >= 15 is 0 Å². The molecule has 1 fully saturated rings. The van der Waals surface area contributed by atoms with Crippen LogP contribution in [0.1, 0.15) is 22.0 Å². The van der Waals surface area contributed by atoms with Gasteiger partial charge in [0.1, 0.15) is 5.15 Å². The summed E-state index contributed by atoms with van der Waals surface area (Å²) in [6, 6.07) is 7.63. The first-order valence-corrected chi connectivity index (χ1v) is 8.83. The number of nitrogens with one attached hydrogen (secondary N) is 2.